The highest BCUT2D eigenvalue weighted by molar-refractivity contribution is 6.02. The molecule has 5 heteroatoms. The summed E-state index contributed by atoms with van der Waals surface area (Å²) in [7, 11) is 0. The molecule has 0 unspecified atom stereocenters. The largest absolute Gasteiger partial charge is 0.478 e. The zero-order valence-electron chi connectivity index (χ0n) is 12.8. The Bertz CT molecular complexity index is 727. The molecule has 0 heterocycles. The van der Waals surface area contributed by atoms with Crippen LogP contribution in [0, 0.1) is 11.3 Å². The van der Waals surface area contributed by atoms with E-state index in [1.807, 2.05) is 51.1 Å². The molecule has 114 valence electrons. The monoisotopic (exact) mass is 298 g/mol. The molecule has 0 aliphatic carbocycles. The SMILES string of the molecule is CC(C)(C)OC(=O)Nc1ccc(OCC#N)c2ccccc12. The molecule has 0 saturated carbocycles. The van der Waals surface area contributed by atoms with Crippen LogP contribution in [0.15, 0.2) is 36.4 Å². The van der Waals surface area contributed by atoms with Crippen LogP contribution in [-0.2, 0) is 4.74 Å². The minimum absolute atomic E-state index is 0.0250. The second-order valence-corrected chi connectivity index (χ2v) is 5.73. The Balaban J connectivity index is 2.32. The quantitative estimate of drug-likeness (QED) is 0.926. The lowest BCUT2D eigenvalue weighted by Gasteiger charge is -2.20. The van der Waals surface area contributed by atoms with Gasteiger partial charge in [-0.1, -0.05) is 24.3 Å². The van der Waals surface area contributed by atoms with Crippen molar-refractivity contribution in [2.24, 2.45) is 0 Å². The maximum Gasteiger partial charge on any atom is 0.412 e. The Kier molecular flexibility index (Phi) is 4.52. The summed E-state index contributed by atoms with van der Waals surface area (Å²) in [4.78, 5) is 11.9. The maximum atomic E-state index is 11.9. The third kappa shape index (κ3) is 3.89. The number of fused-ring (bicyclic) bond motifs is 1. The van der Waals surface area contributed by atoms with Crippen molar-refractivity contribution in [2.45, 2.75) is 26.4 Å². The number of carbonyl (C=O) groups excluding carboxylic acids is 1. The van der Waals surface area contributed by atoms with Gasteiger partial charge in [0.25, 0.3) is 0 Å². The van der Waals surface area contributed by atoms with Gasteiger partial charge >= 0.3 is 6.09 Å². The lowest BCUT2D eigenvalue weighted by Crippen LogP contribution is -2.27. The second-order valence-electron chi connectivity index (χ2n) is 5.73. The maximum absolute atomic E-state index is 11.9. The van der Waals surface area contributed by atoms with Crippen molar-refractivity contribution in [2.75, 3.05) is 11.9 Å². The zero-order valence-corrected chi connectivity index (χ0v) is 12.8. The molecule has 0 saturated heterocycles. The van der Waals surface area contributed by atoms with Crippen LogP contribution in [0.4, 0.5) is 10.5 Å². The normalized spacial score (nSPS) is 10.8. The van der Waals surface area contributed by atoms with Crippen molar-refractivity contribution >= 4 is 22.6 Å². The molecule has 0 atom stereocenters. The number of ether oxygens (including phenoxy) is 2. The minimum atomic E-state index is -0.560. The Morgan fingerprint density at radius 3 is 2.50 bits per heavy atom. The number of hydrogen-bond donors (Lipinski definition) is 1. The predicted molar refractivity (Wildman–Crippen MR) is 84.9 cm³/mol. The number of nitriles is 1. The van der Waals surface area contributed by atoms with Crippen molar-refractivity contribution in [1.82, 2.24) is 0 Å². The summed E-state index contributed by atoms with van der Waals surface area (Å²) in [5.74, 6) is 0.604. The molecular weight excluding hydrogens is 280 g/mol. The molecule has 1 N–H and O–H groups in total. The standard InChI is InChI=1S/C17H18N2O3/c1-17(2,3)22-16(20)19-14-8-9-15(21-11-10-18)13-7-5-4-6-12(13)14/h4-9H,11H2,1-3H3,(H,19,20). The van der Waals surface area contributed by atoms with Crippen LogP contribution in [0.5, 0.6) is 5.75 Å². The topological polar surface area (TPSA) is 71.3 Å². The lowest BCUT2D eigenvalue weighted by atomic mass is 10.1. The fourth-order valence-electron chi connectivity index (χ4n) is 2.03. The molecule has 0 radical (unpaired) electrons. The van der Waals surface area contributed by atoms with E-state index in [0.717, 1.165) is 10.8 Å². The van der Waals surface area contributed by atoms with Crippen molar-refractivity contribution < 1.29 is 14.3 Å². The molecule has 2 rings (SSSR count). The number of rotatable bonds is 3. The van der Waals surface area contributed by atoms with Gasteiger partial charge in [-0.15, -0.1) is 0 Å². The Morgan fingerprint density at radius 2 is 1.86 bits per heavy atom. The molecular formula is C17H18N2O3. The highest BCUT2D eigenvalue weighted by Gasteiger charge is 2.17. The number of benzene rings is 2. The van der Waals surface area contributed by atoms with Gasteiger partial charge in [-0.05, 0) is 32.9 Å². The number of nitrogens with one attached hydrogen (secondary N) is 1. The van der Waals surface area contributed by atoms with Crippen LogP contribution >= 0.6 is 0 Å². The van der Waals surface area contributed by atoms with Crippen molar-refractivity contribution in [3.05, 3.63) is 36.4 Å². The average molecular weight is 298 g/mol. The number of anilines is 1. The van der Waals surface area contributed by atoms with E-state index in [1.165, 1.54) is 0 Å². The van der Waals surface area contributed by atoms with E-state index in [4.69, 9.17) is 14.7 Å². The van der Waals surface area contributed by atoms with E-state index in [-0.39, 0.29) is 6.61 Å². The van der Waals surface area contributed by atoms with Gasteiger partial charge in [-0.3, -0.25) is 5.32 Å². The van der Waals surface area contributed by atoms with Crippen LogP contribution < -0.4 is 10.1 Å². The third-order valence-electron chi connectivity index (χ3n) is 2.81. The zero-order chi connectivity index (χ0) is 16.2. The molecule has 0 aromatic heterocycles. The Hall–Kier alpha value is -2.74. The summed E-state index contributed by atoms with van der Waals surface area (Å²) in [6, 6.07) is 12.9. The Morgan fingerprint density at radius 1 is 1.18 bits per heavy atom. The molecule has 0 spiro atoms. The number of carbonyl (C=O) groups is 1. The molecule has 5 nitrogen and oxygen atoms in total. The van der Waals surface area contributed by atoms with Crippen molar-refractivity contribution in [3.63, 3.8) is 0 Å². The number of hydrogen-bond acceptors (Lipinski definition) is 4. The van der Waals surface area contributed by atoms with E-state index in [9.17, 15) is 4.79 Å². The van der Waals surface area contributed by atoms with Crippen molar-refractivity contribution in [3.8, 4) is 11.8 Å². The van der Waals surface area contributed by atoms with Gasteiger partial charge in [0.2, 0.25) is 0 Å². The second kappa shape index (κ2) is 6.35. The van der Waals surface area contributed by atoms with Gasteiger partial charge in [-0.25, -0.2) is 4.79 Å². The summed E-state index contributed by atoms with van der Waals surface area (Å²) in [6.45, 7) is 5.40. The molecule has 0 aliphatic rings. The molecule has 0 bridgehead atoms. The predicted octanol–water partition coefficient (Wildman–Crippen LogP) is 4.09. The third-order valence-corrected chi connectivity index (χ3v) is 2.81. The lowest BCUT2D eigenvalue weighted by molar-refractivity contribution is 0.0636. The minimum Gasteiger partial charge on any atom is -0.478 e. The smallest absolute Gasteiger partial charge is 0.412 e. The van der Waals surface area contributed by atoms with Gasteiger partial charge in [0.15, 0.2) is 6.61 Å². The van der Waals surface area contributed by atoms with Crippen LogP contribution in [-0.4, -0.2) is 18.3 Å². The summed E-state index contributed by atoms with van der Waals surface area (Å²) in [5, 5.41) is 13.0. The highest BCUT2D eigenvalue weighted by Crippen LogP contribution is 2.31. The van der Waals surface area contributed by atoms with E-state index in [1.54, 1.807) is 12.1 Å². The summed E-state index contributed by atoms with van der Waals surface area (Å²) >= 11 is 0. The fourth-order valence-corrected chi connectivity index (χ4v) is 2.03. The van der Waals surface area contributed by atoms with Crippen LogP contribution in [0.25, 0.3) is 10.8 Å². The molecule has 0 aliphatic heterocycles. The first-order chi connectivity index (χ1) is 10.4. The summed E-state index contributed by atoms with van der Waals surface area (Å²) in [5.41, 5.74) is 0.0737. The molecule has 0 fully saturated rings. The molecule has 1 amide bonds. The number of amides is 1. The van der Waals surface area contributed by atoms with Gasteiger partial charge in [-0.2, -0.15) is 5.26 Å². The van der Waals surface area contributed by atoms with E-state index in [2.05, 4.69) is 5.32 Å². The first kappa shape index (κ1) is 15.6. The highest BCUT2D eigenvalue weighted by atomic mass is 16.6. The number of nitrogens with zero attached hydrogens (tertiary/aromatic N) is 1. The van der Waals surface area contributed by atoms with Gasteiger partial charge in [0.1, 0.15) is 17.4 Å². The van der Waals surface area contributed by atoms with Gasteiger partial charge in [0.05, 0.1) is 5.69 Å². The van der Waals surface area contributed by atoms with Gasteiger partial charge in [0, 0.05) is 10.8 Å². The van der Waals surface area contributed by atoms with E-state index in [0.29, 0.717) is 11.4 Å². The molecule has 2 aromatic rings. The van der Waals surface area contributed by atoms with Gasteiger partial charge < -0.3 is 9.47 Å². The average Bonchev–Trinajstić information content (AvgIpc) is 2.44. The van der Waals surface area contributed by atoms with E-state index >= 15 is 0 Å². The fraction of sp³-hybridized carbons (Fsp3) is 0.294. The van der Waals surface area contributed by atoms with E-state index < -0.39 is 11.7 Å². The summed E-state index contributed by atoms with van der Waals surface area (Å²) in [6.07, 6.45) is -0.511. The van der Waals surface area contributed by atoms with Crippen molar-refractivity contribution in [1.29, 1.82) is 5.26 Å². The Labute approximate surface area is 129 Å². The first-order valence-electron chi connectivity index (χ1n) is 6.92. The van der Waals surface area contributed by atoms with Crippen LogP contribution in [0.2, 0.25) is 0 Å². The molecule has 2 aromatic carbocycles. The van der Waals surface area contributed by atoms with Crippen LogP contribution in [0.3, 0.4) is 0 Å². The van der Waals surface area contributed by atoms with Crippen LogP contribution in [0.1, 0.15) is 20.8 Å². The summed E-state index contributed by atoms with van der Waals surface area (Å²) < 4.78 is 10.7. The molecule has 22 heavy (non-hydrogen) atoms. The first-order valence-corrected chi connectivity index (χ1v) is 6.92.